The molecule has 0 unspecified atom stereocenters. The van der Waals surface area contributed by atoms with Gasteiger partial charge in [-0.2, -0.15) is 0 Å². The Balaban J connectivity index is 1.65. The fraction of sp³-hybridized carbons (Fsp3) is 0.412. The molecule has 1 amide bonds. The Bertz CT molecular complexity index is 665. The van der Waals surface area contributed by atoms with E-state index in [-0.39, 0.29) is 5.91 Å². The van der Waals surface area contributed by atoms with Gasteiger partial charge in [0.1, 0.15) is 5.69 Å². The minimum atomic E-state index is 0.0722. The van der Waals surface area contributed by atoms with E-state index in [1.807, 2.05) is 35.2 Å². The zero-order valence-corrected chi connectivity index (χ0v) is 12.0. The van der Waals surface area contributed by atoms with Crippen molar-refractivity contribution in [2.45, 2.75) is 18.9 Å². The van der Waals surface area contributed by atoms with Gasteiger partial charge in [-0.05, 0) is 36.8 Å². The maximum absolute atomic E-state index is 12.8. The average molecular weight is 281 g/mol. The number of nitrogens with one attached hydrogen (secondary N) is 1. The van der Waals surface area contributed by atoms with Crippen LogP contribution in [-0.2, 0) is 0 Å². The first-order valence-electron chi connectivity index (χ1n) is 7.69. The SMILES string of the molecule is O=C(c1nccc2ccccc12)N1C[C@@H]2CCCN[C@@H]2C1. The van der Waals surface area contributed by atoms with Gasteiger partial charge in [-0.25, -0.2) is 0 Å². The summed E-state index contributed by atoms with van der Waals surface area (Å²) < 4.78 is 0. The van der Waals surface area contributed by atoms with Crippen molar-refractivity contribution in [3.63, 3.8) is 0 Å². The fourth-order valence-corrected chi connectivity index (χ4v) is 3.65. The highest BCUT2D eigenvalue weighted by Gasteiger charge is 2.37. The predicted molar refractivity (Wildman–Crippen MR) is 82.2 cm³/mol. The molecule has 0 saturated carbocycles. The van der Waals surface area contributed by atoms with E-state index in [9.17, 15) is 4.79 Å². The largest absolute Gasteiger partial charge is 0.335 e. The Morgan fingerprint density at radius 3 is 3.05 bits per heavy atom. The van der Waals surface area contributed by atoms with Crippen molar-refractivity contribution in [2.75, 3.05) is 19.6 Å². The molecule has 1 aromatic carbocycles. The number of pyridine rings is 1. The number of benzene rings is 1. The van der Waals surface area contributed by atoms with Crippen molar-refractivity contribution < 1.29 is 4.79 Å². The molecular formula is C17H19N3O. The van der Waals surface area contributed by atoms with E-state index in [1.54, 1.807) is 6.20 Å². The number of rotatable bonds is 1. The third kappa shape index (κ3) is 2.20. The Hall–Kier alpha value is -1.94. The molecule has 3 heterocycles. The molecule has 4 rings (SSSR count). The molecule has 2 aromatic rings. The lowest BCUT2D eigenvalue weighted by molar-refractivity contribution is 0.0782. The van der Waals surface area contributed by atoms with Crippen LogP contribution in [0.1, 0.15) is 23.3 Å². The molecule has 2 saturated heterocycles. The first-order chi connectivity index (χ1) is 10.3. The van der Waals surface area contributed by atoms with E-state index < -0.39 is 0 Å². The first kappa shape index (κ1) is 12.8. The highest BCUT2D eigenvalue weighted by Crippen LogP contribution is 2.27. The molecule has 0 spiro atoms. The minimum Gasteiger partial charge on any atom is -0.335 e. The van der Waals surface area contributed by atoms with Crippen molar-refractivity contribution in [2.24, 2.45) is 5.92 Å². The molecule has 0 bridgehead atoms. The number of carbonyl (C=O) groups excluding carboxylic acids is 1. The molecular weight excluding hydrogens is 262 g/mol. The number of nitrogens with zero attached hydrogens (tertiary/aromatic N) is 2. The van der Waals surface area contributed by atoms with Gasteiger partial charge in [0, 0.05) is 30.7 Å². The van der Waals surface area contributed by atoms with Crippen LogP contribution in [0.5, 0.6) is 0 Å². The van der Waals surface area contributed by atoms with Gasteiger partial charge in [0.25, 0.3) is 5.91 Å². The van der Waals surface area contributed by atoms with Gasteiger partial charge in [-0.3, -0.25) is 9.78 Å². The highest BCUT2D eigenvalue weighted by atomic mass is 16.2. The van der Waals surface area contributed by atoms with Crippen LogP contribution in [0.15, 0.2) is 36.5 Å². The van der Waals surface area contributed by atoms with Crippen molar-refractivity contribution in [1.29, 1.82) is 0 Å². The van der Waals surface area contributed by atoms with Crippen LogP contribution in [0.3, 0.4) is 0 Å². The average Bonchev–Trinajstić information content (AvgIpc) is 2.97. The number of piperidine rings is 1. The lowest BCUT2D eigenvalue weighted by atomic mass is 9.94. The molecule has 2 atom stereocenters. The quantitative estimate of drug-likeness (QED) is 0.870. The lowest BCUT2D eigenvalue weighted by Gasteiger charge is -2.24. The van der Waals surface area contributed by atoms with Crippen LogP contribution in [0.4, 0.5) is 0 Å². The molecule has 21 heavy (non-hydrogen) atoms. The van der Waals surface area contributed by atoms with Crippen LogP contribution in [0.25, 0.3) is 10.8 Å². The normalized spacial score (nSPS) is 25.0. The molecule has 1 N–H and O–H groups in total. The smallest absolute Gasteiger partial charge is 0.273 e. The minimum absolute atomic E-state index is 0.0722. The summed E-state index contributed by atoms with van der Waals surface area (Å²) in [6, 6.07) is 10.4. The van der Waals surface area contributed by atoms with Crippen molar-refractivity contribution in [3.8, 4) is 0 Å². The maximum Gasteiger partial charge on any atom is 0.273 e. The zero-order valence-electron chi connectivity index (χ0n) is 12.0. The van der Waals surface area contributed by atoms with Crippen molar-refractivity contribution >= 4 is 16.7 Å². The zero-order chi connectivity index (χ0) is 14.2. The van der Waals surface area contributed by atoms with Crippen molar-refractivity contribution in [1.82, 2.24) is 15.2 Å². The van der Waals surface area contributed by atoms with E-state index in [0.29, 0.717) is 17.7 Å². The number of hydrogen-bond donors (Lipinski definition) is 1. The van der Waals surface area contributed by atoms with E-state index >= 15 is 0 Å². The molecule has 0 radical (unpaired) electrons. The van der Waals surface area contributed by atoms with Gasteiger partial charge in [0.2, 0.25) is 0 Å². The van der Waals surface area contributed by atoms with Gasteiger partial charge in [-0.15, -0.1) is 0 Å². The molecule has 2 aliphatic rings. The lowest BCUT2D eigenvalue weighted by Crippen LogP contribution is -2.41. The molecule has 0 aliphatic carbocycles. The molecule has 2 fully saturated rings. The van der Waals surface area contributed by atoms with Crippen LogP contribution >= 0.6 is 0 Å². The first-order valence-corrected chi connectivity index (χ1v) is 7.69. The Morgan fingerprint density at radius 1 is 1.24 bits per heavy atom. The van der Waals surface area contributed by atoms with E-state index in [2.05, 4.69) is 10.3 Å². The summed E-state index contributed by atoms with van der Waals surface area (Å²) in [5.41, 5.74) is 0.590. The number of likely N-dealkylation sites (tertiary alicyclic amines) is 1. The molecule has 1 aromatic heterocycles. The maximum atomic E-state index is 12.8. The summed E-state index contributed by atoms with van der Waals surface area (Å²) in [6.45, 7) is 2.76. The Morgan fingerprint density at radius 2 is 2.14 bits per heavy atom. The third-order valence-electron chi connectivity index (χ3n) is 4.76. The van der Waals surface area contributed by atoms with Gasteiger partial charge in [0.15, 0.2) is 0 Å². The van der Waals surface area contributed by atoms with Gasteiger partial charge >= 0.3 is 0 Å². The number of aromatic nitrogens is 1. The van der Waals surface area contributed by atoms with Crippen LogP contribution in [0, 0.1) is 5.92 Å². The third-order valence-corrected chi connectivity index (χ3v) is 4.76. The standard InChI is InChI=1S/C17H19N3O/c21-17(20-10-13-5-3-8-18-15(13)11-20)16-14-6-2-1-4-12(14)7-9-19-16/h1-2,4,6-7,9,13,15,18H,3,5,8,10-11H2/t13-,15+/m0/s1. The topological polar surface area (TPSA) is 45.2 Å². The molecule has 2 aliphatic heterocycles. The van der Waals surface area contributed by atoms with Crippen molar-refractivity contribution in [3.05, 3.63) is 42.2 Å². The summed E-state index contributed by atoms with van der Waals surface area (Å²) in [4.78, 5) is 19.2. The second kappa shape index (κ2) is 5.11. The summed E-state index contributed by atoms with van der Waals surface area (Å²) >= 11 is 0. The van der Waals surface area contributed by atoms with E-state index in [4.69, 9.17) is 0 Å². The highest BCUT2D eigenvalue weighted by molar-refractivity contribution is 6.05. The van der Waals surface area contributed by atoms with E-state index in [1.165, 1.54) is 12.8 Å². The Labute approximate surface area is 124 Å². The summed E-state index contributed by atoms with van der Waals surface area (Å²) in [6.07, 6.45) is 4.18. The molecule has 4 nitrogen and oxygen atoms in total. The second-order valence-electron chi connectivity index (χ2n) is 6.05. The van der Waals surface area contributed by atoms with Crippen LogP contribution in [-0.4, -0.2) is 41.5 Å². The molecule has 108 valence electrons. The Kier molecular flexibility index (Phi) is 3.11. The van der Waals surface area contributed by atoms with Crippen LogP contribution < -0.4 is 5.32 Å². The number of fused-ring (bicyclic) bond motifs is 2. The van der Waals surface area contributed by atoms with Gasteiger partial charge in [0.05, 0.1) is 0 Å². The van der Waals surface area contributed by atoms with Gasteiger partial charge < -0.3 is 10.2 Å². The van der Waals surface area contributed by atoms with Gasteiger partial charge in [-0.1, -0.05) is 24.3 Å². The predicted octanol–water partition coefficient (Wildman–Crippen LogP) is 2.06. The fourth-order valence-electron chi connectivity index (χ4n) is 3.65. The van der Waals surface area contributed by atoms with Crippen LogP contribution in [0.2, 0.25) is 0 Å². The molecule has 4 heteroatoms. The van der Waals surface area contributed by atoms with E-state index in [0.717, 1.165) is 30.4 Å². The monoisotopic (exact) mass is 281 g/mol. The number of carbonyl (C=O) groups is 1. The summed E-state index contributed by atoms with van der Waals surface area (Å²) in [5.74, 6) is 0.681. The summed E-state index contributed by atoms with van der Waals surface area (Å²) in [7, 11) is 0. The number of hydrogen-bond acceptors (Lipinski definition) is 3. The number of amides is 1. The second-order valence-corrected chi connectivity index (χ2v) is 6.05. The summed E-state index contributed by atoms with van der Waals surface area (Å²) in [5, 5.41) is 5.57.